The van der Waals surface area contributed by atoms with Crippen molar-refractivity contribution >= 4 is 27.3 Å². The van der Waals surface area contributed by atoms with Gasteiger partial charge in [0, 0.05) is 17.1 Å². The van der Waals surface area contributed by atoms with Crippen molar-refractivity contribution in [2.45, 2.75) is 19.1 Å². The fraction of sp³-hybridized carbons (Fsp3) is 0.462. The Balaban J connectivity index is 2.24. The molecular formula is C13H16ClNO4S. The van der Waals surface area contributed by atoms with Crippen molar-refractivity contribution < 1.29 is 18.3 Å². The number of halogens is 1. The topological polar surface area (TPSA) is 74.7 Å². The van der Waals surface area contributed by atoms with E-state index in [1.165, 1.54) is 4.90 Å². The Morgan fingerprint density at radius 2 is 1.95 bits per heavy atom. The van der Waals surface area contributed by atoms with Crippen LogP contribution in [0.4, 0.5) is 0 Å². The predicted molar refractivity (Wildman–Crippen MR) is 76.6 cm³/mol. The van der Waals surface area contributed by atoms with Crippen LogP contribution < -0.4 is 0 Å². The summed E-state index contributed by atoms with van der Waals surface area (Å²) < 4.78 is 23.1. The molecule has 20 heavy (non-hydrogen) atoms. The number of aliphatic hydroxyl groups is 1. The van der Waals surface area contributed by atoms with Crippen LogP contribution in [-0.4, -0.2) is 54.5 Å². The summed E-state index contributed by atoms with van der Waals surface area (Å²) >= 11 is 5.77. The standard InChI is InChI=1S/C13H16ClNO4S/c1-2-15(11-7-20(18,19)8-12(11)16)13(17)9-3-5-10(14)6-4-9/h3-6,11-12,16H,2,7-8H2,1H3/t11-,12-/m1/s1. The van der Waals surface area contributed by atoms with Gasteiger partial charge in [0.25, 0.3) is 5.91 Å². The van der Waals surface area contributed by atoms with Crippen molar-refractivity contribution in [2.24, 2.45) is 0 Å². The van der Waals surface area contributed by atoms with Gasteiger partial charge in [-0.2, -0.15) is 0 Å². The summed E-state index contributed by atoms with van der Waals surface area (Å²) in [7, 11) is -3.29. The van der Waals surface area contributed by atoms with Crippen LogP contribution in [0.25, 0.3) is 0 Å². The van der Waals surface area contributed by atoms with E-state index >= 15 is 0 Å². The van der Waals surface area contributed by atoms with Crippen LogP contribution in [0.3, 0.4) is 0 Å². The minimum absolute atomic E-state index is 0.193. The SMILES string of the molecule is CCN(C(=O)c1ccc(Cl)cc1)[C@@H]1CS(=O)(=O)C[C@H]1O. The van der Waals surface area contributed by atoms with Gasteiger partial charge in [-0.25, -0.2) is 8.42 Å². The quantitative estimate of drug-likeness (QED) is 0.901. The maximum atomic E-state index is 12.4. The second-order valence-electron chi connectivity index (χ2n) is 4.81. The fourth-order valence-electron chi connectivity index (χ4n) is 2.40. The highest BCUT2D eigenvalue weighted by atomic mass is 35.5. The van der Waals surface area contributed by atoms with E-state index in [0.717, 1.165) is 0 Å². The molecule has 0 bridgehead atoms. The van der Waals surface area contributed by atoms with Crippen LogP contribution in [0, 0.1) is 0 Å². The van der Waals surface area contributed by atoms with Crippen LogP contribution in [-0.2, 0) is 9.84 Å². The number of hydrogen-bond donors (Lipinski definition) is 1. The van der Waals surface area contributed by atoms with Crippen LogP contribution in [0.15, 0.2) is 24.3 Å². The molecule has 1 aromatic rings. The van der Waals surface area contributed by atoms with Crippen LogP contribution in [0.2, 0.25) is 5.02 Å². The molecule has 1 fully saturated rings. The van der Waals surface area contributed by atoms with Crippen LogP contribution in [0.1, 0.15) is 17.3 Å². The first-order valence-corrected chi connectivity index (χ1v) is 8.49. The van der Waals surface area contributed by atoms with Gasteiger partial charge in [-0.15, -0.1) is 0 Å². The molecule has 7 heteroatoms. The van der Waals surface area contributed by atoms with E-state index in [1.54, 1.807) is 31.2 Å². The summed E-state index contributed by atoms with van der Waals surface area (Å²) in [5.74, 6) is -0.783. The molecule has 1 aliphatic heterocycles. The summed E-state index contributed by atoms with van der Waals surface area (Å²) in [4.78, 5) is 13.8. The Morgan fingerprint density at radius 1 is 1.35 bits per heavy atom. The van der Waals surface area contributed by atoms with E-state index in [0.29, 0.717) is 17.1 Å². The van der Waals surface area contributed by atoms with Crippen molar-refractivity contribution in [3.8, 4) is 0 Å². The average molecular weight is 318 g/mol. The van der Waals surface area contributed by atoms with Gasteiger partial charge in [-0.1, -0.05) is 11.6 Å². The second-order valence-corrected chi connectivity index (χ2v) is 7.40. The molecule has 0 radical (unpaired) electrons. The Kier molecular flexibility index (Phi) is 4.36. The summed E-state index contributed by atoms with van der Waals surface area (Å²) in [5, 5.41) is 10.4. The first-order valence-electron chi connectivity index (χ1n) is 6.29. The molecule has 1 aromatic carbocycles. The molecule has 1 amide bonds. The van der Waals surface area contributed by atoms with Crippen molar-refractivity contribution in [3.63, 3.8) is 0 Å². The predicted octanol–water partition coefficient (Wildman–Crippen LogP) is 0.960. The van der Waals surface area contributed by atoms with Gasteiger partial charge in [-0.3, -0.25) is 4.79 Å². The van der Waals surface area contributed by atoms with Gasteiger partial charge in [-0.05, 0) is 31.2 Å². The van der Waals surface area contributed by atoms with Crippen molar-refractivity contribution in [1.82, 2.24) is 4.90 Å². The third-order valence-corrected chi connectivity index (χ3v) is 5.34. The third kappa shape index (κ3) is 3.13. The van der Waals surface area contributed by atoms with Crippen molar-refractivity contribution in [3.05, 3.63) is 34.9 Å². The first kappa shape index (κ1) is 15.3. The van der Waals surface area contributed by atoms with Gasteiger partial charge in [0.15, 0.2) is 9.84 Å². The number of carbonyl (C=O) groups is 1. The van der Waals surface area contributed by atoms with Gasteiger partial charge >= 0.3 is 0 Å². The number of nitrogens with zero attached hydrogens (tertiary/aromatic N) is 1. The Hall–Kier alpha value is -1.11. The summed E-state index contributed by atoms with van der Waals surface area (Å²) in [5.41, 5.74) is 0.424. The lowest BCUT2D eigenvalue weighted by Crippen LogP contribution is -2.46. The molecule has 5 nitrogen and oxygen atoms in total. The third-order valence-electron chi connectivity index (χ3n) is 3.39. The van der Waals surface area contributed by atoms with E-state index in [1.807, 2.05) is 0 Å². The molecule has 0 unspecified atom stereocenters. The normalized spacial score (nSPS) is 24.6. The minimum atomic E-state index is -3.29. The van der Waals surface area contributed by atoms with Gasteiger partial charge < -0.3 is 10.0 Å². The number of sulfone groups is 1. The number of carbonyl (C=O) groups excluding carboxylic acids is 1. The number of likely N-dealkylation sites (N-methyl/N-ethyl adjacent to an activating group) is 1. The molecular weight excluding hydrogens is 302 g/mol. The molecule has 0 spiro atoms. The van der Waals surface area contributed by atoms with E-state index in [9.17, 15) is 18.3 Å². The second kappa shape index (κ2) is 5.71. The van der Waals surface area contributed by atoms with Crippen LogP contribution in [0.5, 0.6) is 0 Å². The molecule has 1 saturated heterocycles. The molecule has 0 aliphatic carbocycles. The highest BCUT2D eigenvalue weighted by Crippen LogP contribution is 2.21. The highest BCUT2D eigenvalue weighted by molar-refractivity contribution is 7.91. The van der Waals surface area contributed by atoms with Gasteiger partial charge in [0.05, 0.1) is 23.7 Å². The Bertz CT molecular complexity index is 599. The smallest absolute Gasteiger partial charge is 0.254 e. The number of hydrogen-bond acceptors (Lipinski definition) is 4. The monoisotopic (exact) mass is 317 g/mol. The maximum Gasteiger partial charge on any atom is 0.254 e. The van der Waals surface area contributed by atoms with E-state index < -0.39 is 22.0 Å². The zero-order chi connectivity index (χ0) is 14.9. The summed E-state index contributed by atoms with van der Waals surface area (Å²) in [6.07, 6.45) is -1.03. The highest BCUT2D eigenvalue weighted by Gasteiger charge is 2.41. The fourth-order valence-corrected chi connectivity index (χ4v) is 4.32. The maximum absolute atomic E-state index is 12.4. The molecule has 110 valence electrons. The average Bonchev–Trinajstić information content (AvgIpc) is 2.64. The molecule has 1 N–H and O–H groups in total. The zero-order valence-corrected chi connectivity index (χ0v) is 12.6. The number of benzene rings is 1. The van der Waals surface area contributed by atoms with E-state index in [-0.39, 0.29) is 17.4 Å². The van der Waals surface area contributed by atoms with E-state index in [2.05, 4.69) is 0 Å². The molecule has 2 rings (SSSR count). The lowest BCUT2D eigenvalue weighted by molar-refractivity contribution is 0.0521. The van der Waals surface area contributed by atoms with Gasteiger partial charge in [0.1, 0.15) is 0 Å². The Morgan fingerprint density at radius 3 is 2.40 bits per heavy atom. The number of aliphatic hydroxyl groups excluding tert-OH is 1. The van der Waals surface area contributed by atoms with Crippen molar-refractivity contribution in [1.29, 1.82) is 0 Å². The number of rotatable bonds is 3. The van der Waals surface area contributed by atoms with Crippen molar-refractivity contribution in [2.75, 3.05) is 18.1 Å². The van der Waals surface area contributed by atoms with Crippen LogP contribution >= 0.6 is 11.6 Å². The number of amides is 1. The summed E-state index contributed by atoms with van der Waals surface area (Å²) in [6.45, 7) is 2.09. The molecule has 1 aliphatic rings. The zero-order valence-electron chi connectivity index (χ0n) is 11.0. The Labute approximate surface area is 123 Å². The molecule has 0 saturated carbocycles. The molecule has 1 heterocycles. The van der Waals surface area contributed by atoms with E-state index in [4.69, 9.17) is 11.6 Å². The summed E-state index contributed by atoms with van der Waals surface area (Å²) in [6, 6.07) is 5.69. The molecule has 2 atom stereocenters. The van der Waals surface area contributed by atoms with Gasteiger partial charge in [0.2, 0.25) is 0 Å². The molecule has 0 aromatic heterocycles. The first-order chi connectivity index (χ1) is 9.34. The largest absolute Gasteiger partial charge is 0.390 e. The minimum Gasteiger partial charge on any atom is -0.390 e. The lowest BCUT2D eigenvalue weighted by Gasteiger charge is -2.29. The lowest BCUT2D eigenvalue weighted by atomic mass is 10.1.